The van der Waals surface area contributed by atoms with Crippen LogP contribution in [0.1, 0.15) is 19.4 Å². The van der Waals surface area contributed by atoms with Gasteiger partial charge in [-0.1, -0.05) is 12.1 Å². The first-order valence-electron chi connectivity index (χ1n) is 7.76. The van der Waals surface area contributed by atoms with E-state index in [2.05, 4.69) is 24.8 Å². The monoisotopic (exact) mass is 304 g/mol. The first-order chi connectivity index (χ1) is 10.7. The summed E-state index contributed by atoms with van der Waals surface area (Å²) >= 11 is 0. The summed E-state index contributed by atoms with van der Waals surface area (Å²) in [6, 6.07) is 9.35. The largest absolute Gasteiger partial charge is 0.490 e. The number of morpholine rings is 1. The highest BCUT2D eigenvalue weighted by Gasteiger charge is 2.21. The van der Waals surface area contributed by atoms with E-state index in [4.69, 9.17) is 19.5 Å². The minimum absolute atomic E-state index is 0.287. The van der Waals surface area contributed by atoms with Crippen molar-refractivity contribution < 1.29 is 14.2 Å². The molecule has 1 fully saturated rings. The van der Waals surface area contributed by atoms with Gasteiger partial charge in [-0.2, -0.15) is 5.26 Å². The van der Waals surface area contributed by atoms with Gasteiger partial charge in [-0.3, -0.25) is 4.90 Å². The van der Waals surface area contributed by atoms with Crippen LogP contribution in [-0.2, 0) is 9.47 Å². The molecule has 0 saturated carbocycles. The van der Waals surface area contributed by atoms with Crippen molar-refractivity contribution in [1.29, 1.82) is 5.26 Å². The summed E-state index contributed by atoms with van der Waals surface area (Å²) in [6.07, 6.45) is 0.573. The highest BCUT2D eigenvalue weighted by molar-refractivity contribution is 5.42. The Morgan fingerprint density at radius 2 is 1.91 bits per heavy atom. The zero-order valence-electron chi connectivity index (χ0n) is 13.3. The second-order valence-corrected chi connectivity index (χ2v) is 5.59. The predicted molar refractivity (Wildman–Crippen MR) is 83.9 cm³/mol. The number of hydrogen-bond acceptors (Lipinski definition) is 5. The Hall–Kier alpha value is -1.61. The smallest absolute Gasteiger partial charge is 0.137 e. The lowest BCUT2D eigenvalue weighted by atomic mass is 10.2. The minimum atomic E-state index is 0.287. The standard InChI is InChI=1S/C17H24N2O3/c1-14-12-19(13-15(2)22-14)7-8-20-9-10-21-17-6-4-3-5-16(17)11-18/h3-6,14-15H,7-10,12-13H2,1-2H3. The molecule has 1 aliphatic rings. The van der Waals surface area contributed by atoms with E-state index < -0.39 is 0 Å². The SMILES string of the molecule is CC1CN(CCOCCOc2ccccc2C#N)CC(C)O1. The molecular formula is C17H24N2O3. The fraction of sp³-hybridized carbons (Fsp3) is 0.588. The first kappa shape index (κ1) is 16.8. The van der Waals surface area contributed by atoms with Crippen molar-refractivity contribution in [2.45, 2.75) is 26.1 Å². The zero-order valence-corrected chi connectivity index (χ0v) is 13.3. The molecule has 0 aliphatic carbocycles. The summed E-state index contributed by atoms with van der Waals surface area (Å²) in [5, 5.41) is 8.97. The topological polar surface area (TPSA) is 54.7 Å². The summed E-state index contributed by atoms with van der Waals surface area (Å²) in [4.78, 5) is 2.37. The van der Waals surface area contributed by atoms with Crippen molar-refractivity contribution >= 4 is 0 Å². The van der Waals surface area contributed by atoms with Crippen LogP contribution in [-0.4, -0.2) is 56.6 Å². The van der Waals surface area contributed by atoms with Crippen molar-refractivity contribution in [3.63, 3.8) is 0 Å². The lowest BCUT2D eigenvalue weighted by molar-refractivity contribution is -0.0734. The van der Waals surface area contributed by atoms with Crippen LogP contribution in [0.4, 0.5) is 0 Å². The van der Waals surface area contributed by atoms with Crippen LogP contribution in [0.25, 0.3) is 0 Å². The Kier molecular flexibility index (Phi) is 6.66. The van der Waals surface area contributed by atoms with E-state index in [0.717, 1.165) is 19.6 Å². The van der Waals surface area contributed by atoms with E-state index in [1.807, 2.05) is 12.1 Å². The van der Waals surface area contributed by atoms with Gasteiger partial charge in [-0.05, 0) is 26.0 Å². The van der Waals surface area contributed by atoms with Crippen molar-refractivity contribution in [1.82, 2.24) is 4.90 Å². The summed E-state index contributed by atoms with van der Waals surface area (Å²) in [5.74, 6) is 0.615. The van der Waals surface area contributed by atoms with Gasteiger partial charge in [0, 0.05) is 19.6 Å². The third-order valence-electron chi connectivity index (χ3n) is 3.54. The van der Waals surface area contributed by atoms with Crippen LogP contribution in [0, 0.1) is 11.3 Å². The first-order valence-corrected chi connectivity index (χ1v) is 7.76. The van der Waals surface area contributed by atoms with Crippen LogP contribution < -0.4 is 4.74 Å². The maximum Gasteiger partial charge on any atom is 0.137 e. The lowest BCUT2D eigenvalue weighted by Crippen LogP contribution is -2.46. The Morgan fingerprint density at radius 1 is 1.18 bits per heavy atom. The van der Waals surface area contributed by atoms with Crippen molar-refractivity contribution in [3.8, 4) is 11.8 Å². The molecule has 1 saturated heterocycles. The molecule has 1 aromatic rings. The van der Waals surface area contributed by atoms with Crippen LogP contribution in [0.3, 0.4) is 0 Å². The van der Waals surface area contributed by atoms with Crippen LogP contribution in [0.2, 0.25) is 0 Å². The van der Waals surface area contributed by atoms with Gasteiger partial charge in [0.05, 0.1) is 31.0 Å². The zero-order chi connectivity index (χ0) is 15.8. The normalized spacial score (nSPS) is 22.2. The second-order valence-electron chi connectivity index (χ2n) is 5.59. The van der Waals surface area contributed by atoms with Crippen molar-refractivity contribution in [2.24, 2.45) is 0 Å². The molecule has 0 spiro atoms. The maximum atomic E-state index is 8.97. The highest BCUT2D eigenvalue weighted by Crippen LogP contribution is 2.16. The van der Waals surface area contributed by atoms with Crippen LogP contribution in [0.15, 0.2) is 24.3 Å². The van der Waals surface area contributed by atoms with E-state index in [1.165, 1.54) is 0 Å². The minimum Gasteiger partial charge on any atom is -0.490 e. The Bertz CT molecular complexity index is 491. The molecule has 22 heavy (non-hydrogen) atoms. The molecule has 2 unspecified atom stereocenters. The number of hydrogen-bond donors (Lipinski definition) is 0. The summed E-state index contributed by atoms with van der Waals surface area (Å²) < 4.78 is 16.9. The molecular weight excluding hydrogens is 280 g/mol. The molecule has 0 radical (unpaired) electrons. The molecule has 5 heteroatoms. The van der Waals surface area contributed by atoms with E-state index in [1.54, 1.807) is 12.1 Å². The average Bonchev–Trinajstić information content (AvgIpc) is 2.50. The number of para-hydroxylation sites is 1. The van der Waals surface area contributed by atoms with Gasteiger partial charge >= 0.3 is 0 Å². The number of rotatable bonds is 7. The fourth-order valence-corrected chi connectivity index (χ4v) is 2.66. The van der Waals surface area contributed by atoms with Crippen molar-refractivity contribution in [2.75, 3.05) is 39.5 Å². The molecule has 0 N–H and O–H groups in total. The molecule has 1 aliphatic heterocycles. The predicted octanol–water partition coefficient (Wildman–Crippen LogP) is 2.06. The fourth-order valence-electron chi connectivity index (χ4n) is 2.66. The molecule has 2 atom stereocenters. The van der Waals surface area contributed by atoms with Crippen LogP contribution >= 0.6 is 0 Å². The molecule has 1 heterocycles. The van der Waals surface area contributed by atoms with Crippen LogP contribution in [0.5, 0.6) is 5.75 Å². The van der Waals surface area contributed by atoms with E-state index in [9.17, 15) is 0 Å². The molecule has 1 aromatic carbocycles. The Morgan fingerprint density at radius 3 is 2.64 bits per heavy atom. The summed E-state index contributed by atoms with van der Waals surface area (Å²) in [6.45, 7) is 8.69. The summed E-state index contributed by atoms with van der Waals surface area (Å²) in [5.41, 5.74) is 0.554. The third-order valence-corrected chi connectivity index (χ3v) is 3.54. The van der Waals surface area contributed by atoms with Crippen molar-refractivity contribution in [3.05, 3.63) is 29.8 Å². The van der Waals surface area contributed by atoms with E-state index in [0.29, 0.717) is 31.1 Å². The van der Waals surface area contributed by atoms with Gasteiger partial charge in [0.15, 0.2) is 0 Å². The lowest BCUT2D eigenvalue weighted by Gasteiger charge is -2.35. The number of benzene rings is 1. The number of nitriles is 1. The number of ether oxygens (including phenoxy) is 3. The molecule has 2 rings (SSSR count). The highest BCUT2D eigenvalue weighted by atomic mass is 16.5. The average molecular weight is 304 g/mol. The summed E-state index contributed by atoms with van der Waals surface area (Å²) in [7, 11) is 0. The van der Waals surface area contributed by atoms with E-state index >= 15 is 0 Å². The van der Waals surface area contributed by atoms with Gasteiger partial charge in [0.2, 0.25) is 0 Å². The number of nitrogens with zero attached hydrogens (tertiary/aromatic N) is 2. The van der Waals surface area contributed by atoms with Gasteiger partial charge in [-0.15, -0.1) is 0 Å². The second kappa shape index (κ2) is 8.74. The quantitative estimate of drug-likeness (QED) is 0.722. The maximum absolute atomic E-state index is 8.97. The third kappa shape index (κ3) is 5.30. The van der Waals surface area contributed by atoms with E-state index in [-0.39, 0.29) is 12.2 Å². The van der Waals surface area contributed by atoms with Gasteiger partial charge in [0.1, 0.15) is 18.4 Å². The van der Waals surface area contributed by atoms with Gasteiger partial charge < -0.3 is 14.2 Å². The molecule has 5 nitrogen and oxygen atoms in total. The Labute approximate surface area is 132 Å². The molecule has 0 amide bonds. The molecule has 0 bridgehead atoms. The molecule has 120 valence electrons. The van der Waals surface area contributed by atoms with Gasteiger partial charge in [0.25, 0.3) is 0 Å². The Balaban J connectivity index is 1.59. The van der Waals surface area contributed by atoms with Gasteiger partial charge in [-0.25, -0.2) is 0 Å². The molecule has 0 aromatic heterocycles.